The highest BCUT2D eigenvalue weighted by molar-refractivity contribution is 9.10. The quantitative estimate of drug-likeness (QED) is 0.493. The standard InChI is InChI=1S/C25H21BrN2O/c26-19-12-10-17(11-13-19)25-24-22(27-20-8-4-5-9-21(20)28-25)14-18(15-23(24)29)16-6-2-1-3-7-16/h1-13,18,24-25,28H,14-15H2. The number of rotatable bonds is 2. The number of benzene rings is 3. The van der Waals surface area contributed by atoms with E-state index in [1.165, 1.54) is 5.56 Å². The van der Waals surface area contributed by atoms with Crippen molar-refractivity contribution in [2.24, 2.45) is 10.9 Å². The second-order valence-electron chi connectivity index (χ2n) is 7.75. The molecule has 2 aliphatic rings. The van der Waals surface area contributed by atoms with Crippen LogP contribution in [0.2, 0.25) is 0 Å². The molecule has 0 amide bonds. The smallest absolute Gasteiger partial charge is 0.144 e. The van der Waals surface area contributed by atoms with Crippen molar-refractivity contribution in [2.45, 2.75) is 24.8 Å². The lowest BCUT2D eigenvalue weighted by Crippen LogP contribution is -2.38. The summed E-state index contributed by atoms with van der Waals surface area (Å²) in [7, 11) is 0. The molecule has 3 nitrogen and oxygen atoms in total. The Hall–Kier alpha value is -2.72. The van der Waals surface area contributed by atoms with Crippen LogP contribution in [0.1, 0.15) is 35.9 Å². The second kappa shape index (κ2) is 7.60. The summed E-state index contributed by atoms with van der Waals surface area (Å²) in [5, 5.41) is 3.63. The average molecular weight is 445 g/mol. The third-order valence-corrected chi connectivity index (χ3v) is 6.45. The number of aliphatic imine (C=N–C) groups is 1. The lowest BCUT2D eigenvalue weighted by Gasteiger charge is -2.34. The van der Waals surface area contributed by atoms with E-state index in [2.05, 4.69) is 45.5 Å². The van der Waals surface area contributed by atoms with Gasteiger partial charge in [0.25, 0.3) is 0 Å². The molecule has 144 valence electrons. The van der Waals surface area contributed by atoms with Crippen LogP contribution in [0.4, 0.5) is 11.4 Å². The van der Waals surface area contributed by atoms with Gasteiger partial charge in [0.2, 0.25) is 0 Å². The molecule has 1 saturated carbocycles. The Labute approximate surface area is 179 Å². The van der Waals surface area contributed by atoms with Crippen molar-refractivity contribution in [2.75, 3.05) is 5.32 Å². The fourth-order valence-corrected chi connectivity index (χ4v) is 4.77. The van der Waals surface area contributed by atoms with Crippen LogP contribution in [-0.4, -0.2) is 11.5 Å². The first kappa shape index (κ1) is 18.3. The maximum Gasteiger partial charge on any atom is 0.144 e. The molecule has 0 spiro atoms. The molecule has 4 heteroatoms. The summed E-state index contributed by atoms with van der Waals surface area (Å²) in [4.78, 5) is 18.4. The monoisotopic (exact) mass is 444 g/mol. The topological polar surface area (TPSA) is 41.5 Å². The molecule has 3 aromatic carbocycles. The number of nitrogens with zero attached hydrogens (tertiary/aromatic N) is 1. The van der Waals surface area contributed by atoms with Gasteiger partial charge in [0.15, 0.2) is 0 Å². The van der Waals surface area contributed by atoms with Gasteiger partial charge in [-0.05, 0) is 47.7 Å². The summed E-state index contributed by atoms with van der Waals surface area (Å²) in [6, 6.07) is 26.5. The van der Waals surface area contributed by atoms with Crippen molar-refractivity contribution in [1.82, 2.24) is 0 Å². The fourth-order valence-electron chi connectivity index (χ4n) is 4.51. The van der Waals surface area contributed by atoms with E-state index in [4.69, 9.17) is 4.99 Å². The Morgan fingerprint density at radius 2 is 1.55 bits per heavy atom. The van der Waals surface area contributed by atoms with Crippen molar-refractivity contribution in [3.8, 4) is 0 Å². The third kappa shape index (κ3) is 3.53. The summed E-state index contributed by atoms with van der Waals surface area (Å²) in [6.07, 6.45) is 1.36. The molecule has 5 rings (SSSR count). The zero-order valence-corrected chi connectivity index (χ0v) is 17.5. The molecule has 0 bridgehead atoms. The van der Waals surface area contributed by atoms with Gasteiger partial charge in [0.05, 0.1) is 23.3 Å². The molecular formula is C25H21BrN2O. The maximum atomic E-state index is 13.4. The Kier molecular flexibility index (Phi) is 4.80. The number of carbonyl (C=O) groups is 1. The second-order valence-corrected chi connectivity index (χ2v) is 8.67. The number of anilines is 1. The van der Waals surface area contributed by atoms with E-state index in [0.717, 1.165) is 33.5 Å². The summed E-state index contributed by atoms with van der Waals surface area (Å²) in [5.41, 5.74) is 5.20. The molecule has 0 aromatic heterocycles. The minimum absolute atomic E-state index is 0.116. The zero-order chi connectivity index (χ0) is 19.8. The van der Waals surface area contributed by atoms with Crippen molar-refractivity contribution in [3.63, 3.8) is 0 Å². The molecule has 3 atom stereocenters. The van der Waals surface area contributed by atoms with Gasteiger partial charge >= 0.3 is 0 Å². The number of Topliss-reactive ketones (excluding diaryl/α,β-unsaturated/α-hetero) is 1. The molecule has 3 unspecified atom stereocenters. The van der Waals surface area contributed by atoms with Crippen LogP contribution in [0.5, 0.6) is 0 Å². The van der Waals surface area contributed by atoms with Crippen molar-refractivity contribution in [1.29, 1.82) is 0 Å². The largest absolute Gasteiger partial charge is 0.375 e. The first-order valence-corrected chi connectivity index (χ1v) is 10.7. The molecule has 1 N–H and O–H groups in total. The number of nitrogens with one attached hydrogen (secondary N) is 1. The molecule has 3 aromatic rings. The summed E-state index contributed by atoms with van der Waals surface area (Å²) in [6.45, 7) is 0. The number of hydrogen-bond donors (Lipinski definition) is 1. The summed E-state index contributed by atoms with van der Waals surface area (Å²) in [5.74, 6) is 0.204. The molecule has 1 aliphatic heterocycles. The molecule has 0 radical (unpaired) electrons. The lowest BCUT2D eigenvalue weighted by molar-refractivity contribution is -0.122. The molecule has 1 fully saturated rings. The van der Waals surface area contributed by atoms with Gasteiger partial charge in [-0.3, -0.25) is 9.79 Å². The number of halogens is 1. The number of ketones is 1. The van der Waals surface area contributed by atoms with E-state index >= 15 is 0 Å². The summed E-state index contributed by atoms with van der Waals surface area (Å²) < 4.78 is 1.03. The Morgan fingerprint density at radius 3 is 2.34 bits per heavy atom. The third-order valence-electron chi connectivity index (χ3n) is 5.92. The number of fused-ring (bicyclic) bond motifs is 2. The highest BCUT2D eigenvalue weighted by atomic mass is 79.9. The van der Waals surface area contributed by atoms with Crippen molar-refractivity contribution in [3.05, 3.63) is 94.5 Å². The fraction of sp³-hybridized carbons (Fsp3) is 0.200. The van der Waals surface area contributed by atoms with Gasteiger partial charge in [-0.15, -0.1) is 0 Å². The van der Waals surface area contributed by atoms with Gasteiger partial charge in [0.1, 0.15) is 5.78 Å². The molecule has 29 heavy (non-hydrogen) atoms. The predicted octanol–water partition coefficient (Wildman–Crippen LogP) is 6.45. The maximum absolute atomic E-state index is 13.4. The highest BCUT2D eigenvalue weighted by Crippen LogP contribution is 2.43. The number of para-hydroxylation sites is 2. The van der Waals surface area contributed by atoms with Gasteiger partial charge < -0.3 is 5.32 Å². The van der Waals surface area contributed by atoms with E-state index in [9.17, 15) is 4.79 Å². The highest BCUT2D eigenvalue weighted by Gasteiger charge is 2.41. The minimum Gasteiger partial charge on any atom is -0.375 e. The van der Waals surface area contributed by atoms with Crippen LogP contribution >= 0.6 is 15.9 Å². The normalized spacial score (nSPS) is 23.3. The van der Waals surface area contributed by atoms with Crippen LogP contribution < -0.4 is 5.32 Å². The first-order chi connectivity index (χ1) is 14.2. The van der Waals surface area contributed by atoms with Gasteiger partial charge in [0, 0.05) is 16.6 Å². The van der Waals surface area contributed by atoms with Crippen LogP contribution in [0, 0.1) is 5.92 Å². The van der Waals surface area contributed by atoms with Gasteiger partial charge in [-0.1, -0.05) is 70.5 Å². The Bertz CT molecular complexity index is 1080. The Balaban J connectivity index is 1.60. The molecular weight excluding hydrogens is 424 g/mol. The Morgan fingerprint density at radius 1 is 0.828 bits per heavy atom. The van der Waals surface area contributed by atoms with Crippen LogP contribution in [0.25, 0.3) is 0 Å². The van der Waals surface area contributed by atoms with Crippen LogP contribution in [-0.2, 0) is 4.79 Å². The first-order valence-electron chi connectivity index (χ1n) is 9.95. The molecule has 0 saturated heterocycles. The van der Waals surface area contributed by atoms with Gasteiger partial charge in [-0.2, -0.15) is 0 Å². The van der Waals surface area contributed by atoms with E-state index < -0.39 is 0 Å². The van der Waals surface area contributed by atoms with Crippen LogP contribution in [0.15, 0.2) is 88.3 Å². The minimum atomic E-state index is -0.247. The van der Waals surface area contributed by atoms with Crippen molar-refractivity contribution >= 4 is 38.8 Å². The van der Waals surface area contributed by atoms with E-state index in [0.29, 0.717) is 6.42 Å². The number of carbonyl (C=O) groups excluding carboxylic acids is 1. The lowest BCUT2D eigenvalue weighted by atomic mass is 9.72. The van der Waals surface area contributed by atoms with E-state index in [-0.39, 0.29) is 23.7 Å². The van der Waals surface area contributed by atoms with Gasteiger partial charge in [-0.25, -0.2) is 0 Å². The molecule has 1 heterocycles. The van der Waals surface area contributed by atoms with E-state index in [1.54, 1.807) is 0 Å². The summed E-state index contributed by atoms with van der Waals surface area (Å²) >= 11 is 3.51. The predicted molar refractivity (Wildman–Crippen MR) is 121 cm³/mol. The number of hydrogen-bond acceptors (Lipinski definition) is 3. The zero-order valence-electron chi connectivity index (χ0n) is 15.9. The van der Waals surface area contributed by atoms with Crippen molar-refractivity contribution < 1.29 is 4.79 Å². The molecule has 1 aliphatic carbocycles. The van der Waals surface area contributed by atoms with Crippen LogP contribution in [0.3, 0.4) is 0 Å². The average Bonchev–Trinajstić information content (AvgIpc) is 2.92. The van der Waals surface area contributed by atoms with E-state index in [1.807, 2.05) is 54.6 Å². The SMILES string of the molecule is O=C1CC(c2ccccc2)CC2=Nc3ccccc3NC(c3ccc(Br)cc3)C12.